The van der Waals surface area contributed by atoms with Gasteiger partial charge in [-0.3, -0.25) is 24.7 Å². The number of fused-ring (bicyclic) bond motifs is 1. The molecule has 1 atom stereocenters. The summed E-state index contributed by atoms with van der Waals surface area (Å²) in [6.45, 7) is 6.54. The van der Waals surface area contributed by atoms with Crippen LogP contribution in [0, 0.1) is 10.1 Å². The summed E-state index contributed by atoms with van der Waals surface area (Å²) in [7, 11) is -8.43. The van der Waals surface area contributed by atoms with Crippen LogP contribution in [0.15, 0.2) is 35.7 Å². The molecule has 16 heteroatoms. The summed E-state index contributed by atoms with van der Waals surface area (Å²) in [5.74, 6) is 0. The van der Waals surface area contributed by atoms with Crippen LogP contribution >= 0.6 is 27.0 Å². The van der Waals surface area contributed by atoms with Gasteiger partial charge in [0.15, 0.2) is 4.87 Å². The van der Waals surface area contributed by atoms with Crippen LogP contribution in [0.4, 0.5) is 5.69 Å². The first-order valence-electron chi connectivity index (χ1n) is 10.6. The van der Waals surface area contributed by atoms with Gasteiger partial charge < -0.3 is 18.1 Å². The predicted octanol–water partition coefficient (Wildman–Crippen LogP) is 4.55. The van der Waals surface area contributed by atoms with Gasteiger partial charge in [0, 0.05) is 12.1 Å². The highest BCUT2D eigenvalue weighted by Crippen LogP contribution is 2.77. The number of rotatable bonds is 13. The first-order valence-corrected chi connectivity index (χ1v) is 14.6. The van der Waals surface area contributed by atoms with E-state index < -0.39 is 30.4 Å². The van der Waals surface area contributed by atoms with Gasteiger partial charge in [-0.1, -0.05) is 0 Å². The lowest BCUT2D eigenvalue weighted by Gasteiger charge is -2.41. The molecule has 0 radical (unpaired) electrons. The topological polar surface area (TPSA) is 157 Å². The molecule has 0 saturated heterocycles. The van der Waals surface area contributed by atoms with Gasteiger partial charge in [0.2, 0.25) is 10.6 Å². The molecule has 1 unspecified atom stereocenters. The lowest BCUT2D eigenvalue weighted by Crippen LogP contribution is -2.45. The monoisotopic (exact) mass is 535 g/mol. The number of nitrogens with one attached hydrogen (secondary N) is 1. The molecule has 1 aliphatic rings. The normalized spacial score (nSPS) is 18.1. The van der Waals surface area contributed by atoms with Crippen LogP contribution in [0.2, 0.25) is 0 Å². The molecule has 188 valence electrons. The fourth-order valence-corrected chi connectivity index (χ4v) is 11.4. The molecular formula is C18H27N5O8P2S. The molecule has 34 heavy (non-hydrogen) atoms. The Labute approximate surface area is 201 Å². The van der Waals surface area contributed by atoms with Crippen molar-refractivity contribution in [2.45, 2.75) is 43.1 Å². The second-order valence-corrected chi connectivity index (χ2v) is 12.7. The molecule has 0 aliphatic carbocycles. The molecule has 0 bridgehead atoms. The van der Waals surface area contributed by atoms with E-state index in [9.17, 15) is 19.2 Å². The Bertz CT molecular complexity index is 1030. The maximum Gasteiger partial charge on any atom is 0.349 e. The van der Waals surface area contributed by atoms with Crippen molar-refractivity contribution in [1.82, 2.24) is 14.9 Å². The molecule has 3 rings (SSSR count). The quantitative estimate of drug-likeness (QED) is 0.217. The van der Waals surface area contributed by atoms with Gasteiger partial charge in [0.1, 0.15) is 6.33 Å². The average Bonchev–Trinajstić information content (AvgIpc) is 3.34. The lowest BCUT2D eigenvalue weighted by molar-refractivity contribution is -0.384. The van der Waals surface area contributed by atoms with E-state index in [1.54, 1.807) is 27.7 Å². The number of nitro groups is 1. The summed E-state index contributed by atoms with van der Waals surface area (Å²) < 4.78 is 52.8. The molecule has 0 saturated carbocycles. The summed E-state index contributed by atoms with van der Waals surface area (Å²) in [4.78, 5) is 9.18. The average molecular weight is 535 g/mol. The van der Waals surface area contributed by atoms with Gasteiger partial charge in [-0.25, -0.2) is 4.68 Å². The molecule has 2 aromatic rings. The van der Waals surface area contributed by atoms with Crippen LogP contribution in [0.25, 0.3) is 0 Å². The zero-order valence-electron chi connectivity index (χ0n) is 19.2. The molecule has 0 fully saturated rings. The minimum atomic E-state index is -4.22. The smallest absolute Gasteiger partial charge is 0.308 e. The van der Waals surface area contributed by atoms with Crippen LogP contribution in [-0.2, 0) is 32.1 Å². The molecule has 2 heterocycles. The number of thioether (sulfide) groups is 1. The third kappa shape index (κ3) is 4.94. The number of non-ortho nitro benzene ring substituents is 1. The van der Waals surface area contributed by atoms with E-state index in [0.717, 1.165) is 11.8 Å². The highest BCUT2D eigenvalue weighted by molar-refractivity contribution is 8.01. The van der Waals surface area contributed by atoms with E-state index in [0.29, 0.717) is 10.7 Å². The van der Waals surface area contributed by atoms with E-state index in [1.807, 2.05) is 0 Å². The summed E-state index contributed by atoms with van der Waals surface area (Å²) in [6, 6.07) is 5.56. The van der Waals surface area contributed by atoms with E-state index in [2.05, 4.69) is 15.6 Å². The number of aromatic nitrogens is 3. The standard InChI is InChI=1S/C18H27N5O8P2S/c1-5-28-32(26,29-6-2)16(33(27,30-7-3)31-8-4)18(21-22-13-19-20-17(22)34-18)14-9-11-15(12-10-14)23(24)25/h9-13,16,21H,5-8H2,1-4H3. The van der Waals surface area contributed by atoms with Gasteiger partial charge in [-0.15, -0.1) is 10.2 Å². The number of nitrogens with zero attached hydrogens (tertiary/aromatic N) is 4. The molecular weight excluding hydrogens is 508 g/mol. The first kappa shape index (κ1) is 26.8. The van der Waals surface area contributed by atoms with Crippen LogP contribution in [-0.4, -0.2) is 51.6 Å². The zero-order chi connectivity index (χ0) is 25.0. The van der Waals surface area contributed by atoms with Crippen LogP contribution < -0.4 is 5.43 Å². The highest BCUT2D eigenvalue weighted by atomic mass is 32.2. The minimum Gasteiger partial charge on any atom is -0.308 e. The Hall–Kier alpha value is -1.79. The van der Waals surface area contributed by atoms with E-state index in [4.69, 9.17) is 18.1 Å². The molecule has 1 N–H and O–H groups in total. The van der Waals surface area contributed by atoms with Gasteiger partial charge in [0.25, 0.3) is 5.69 Å². The van der Waals surface area contributed by atoms with Crippen molar-refractivity contribution in [3.05, 3.63) is 46.3 Å². The Morgan fingerprint density at radius 1 is 1.03 bits per heavy atom. The van der Waals surface area contributed by atoms with Gasteiger partial charge in [-0.2, -0.15) is 0 Å². The Kier molecular flexibility index (Phi) is 8.56. The fourth-order valence-electron chi connectivity index (χ4n) is 3.63. The Morgan fingerprint density at radius 3 is 1.94 bits per heavy atom. The molecule has 0 amide bonds. The second-order valence-electron chi connectivity index (χ2n) is 6.86. The van der Waals surface area contributed by atoms with Crippen molar-refractivity contribution in [3.63, 3.8) is 0 Å². The van der Waals surface area contributed by atoms with Crippen LogP contribution in [0.3, 0.4) is 0 Å². The van der Waals surface area contributed by atoms with Gasteiger partial charge in [-0.05, 0) is 57.2 Å². The van der Waals surface area contributed by atoms with Gasteiger partial charge >= 0.3 is 15.2 Å². The van der Waals surface area contributed by atoms with Crippen molar-refractivity contribution < 1.29 is 32.1 Å². The van der Waals surface area contributed by atoms with Crippen molar-refractivity contribution >= 4 is 32.6 Å². The van der Waals surface area contributed by atoms with Crippen molar-refractivity contribution in [2.24, 2.45) is 0 Å². The molecule has 0 spiro atoms. The van der Waals surface area contributed by atoms with Crippen molar-refractivity contribution in [2.75, 3.05) is 31.9 Å². The fraction of sp³-hybridized carbons (Fsp3) is 0.556. The number of hydrogen-bond donors (Lipinski definition) is 1. The molecule has 1 aliphatic heterocycles. The number of benzene rings is 1. The van der Waals surface area contributed by atoms with E-state index in [1.165, 1.54) is 35.3 Å². The summed E-state index contributed by atoms with van der Waals surface area (Å²) in [5, 5.41) is 18.0. The predicted molar refractivity (Wildman–Crippen MR) is 126 cm³/mol. The van der Waals surface area contributed by atoms with Crippen molar-refractivity contribution in [1.29, 1.82) is 0 Å². The Morgan fingerprint density at radius 2 is 1.53 bits per heavy atom. The van der Waals surface area contributed by atoms with Crippen LogP contribution in [0.5, 0.6) is 0 Å². The summed E-state index contributed by atoms with van der Waals surface area (Å²) in [6.07, 6.45) is 1.39. The minimum absolute atomic E-state index is 0.000838. The number of hydrogen-bond acceptors (Lipinski definition) is 12. The number of nitro benzene ring substituents is 1. The van der Waals surface area contributed by atoms with E-state index in [-0.39, 0.29) is 32.1 Å². The lowest BCUT2D eigenvalue weighted by atomic mass is 10.1. The molecule has 1 aromatic carbocycles. The largest absolute Gasteiger partial charge is 0.349 e. The summed E-state index contributed by atoms with van der Waals surface area (Å²) >= 11 is 1.07. The van der Waals surface area contributed by atoms with E-state index >= 15 is 0 Å². The second kappa shape index (κ2) is 10.9. The third-order valence-corrected chi connectivity index (χ3v) is 12.6. The Balaban J connectivity index is 2.31. The van der Waals surface area contributed by atoms with Crippen LogP contribution in [0.1, 0.15) is 33.3 Å². The van der Waals surface area contributed by atoms with Gasteiger partial charge in [0.05, 0.1) is 31.4 Å². The molecule has 1 aromatic heterocycles. The van der Waals surface area contributed by atoms with Crippen molar-refractivity contribution in [3.8, 4) is 0 Å². The maximum atomic E-state index is 14.3. The SMILES string of the molecule is CCOP(=O)(OCC)C(C1(c2ccc([N+](=O)[O-])cc2)Nn2cnnc2S1)P(=O)(OCC)OCC. The maximum absolute atomic E-state index is 14.3. The zero-order valence-corrected chi connectivity index (χ0v) is 21.8. The third-order valence-electron chi connectivity index (χ3n) is 4.76. The highest BCUT2D eigenvalue weighted by Gasteiger charge is 2.66. The molecule has 13 nitrogen and oxygen atoms in total. The first-order chi connectivity index (χ1) is 16.2. The summed E-state index contributed by atoms with van der Waals surface area (Å²) in [5.41, 5.74) is 3.41.